The summed E-state index contributed by atoms with van der Waals surface area (Å²) in [5.41, 5.74) is 0.855. The van der Waals surface area contributed by atoms with E-state index in [4.69, 9.17) is 4.74 Å². The third-order valence-corrected chi connectivity index (χ3v) is 8.94. The average molecular weight is 436 g/mol. The lowest BCUT2D eigenvalue weighted by Crippen LogP contribution is -2.47. The summed E-state index contributed by atoms with van der Waals surface area (Å²) in [5.74, 6) is -0.0119. The molecule has 0 spiro atoms. The summed E-state index contributed by atoms with van der Waals surface area (Å²) >= 11 is 0. The Labute approximate surface area is 180 Å². The van der Waals surface area contributed by atoms with E-state index in [0.29, 0.717) is 25.2 Å². The van der Waals surface area contributed by atoms with Crippen molar-refractivity contribution in [3.8, 4) is 0 Å². The van der Waals surface area contributed by atoms with Crippen LogP contribution in [-0.4, -0.2) is 76.0 Å². The van der Waals surface area contributed by atoms with Crippen LogP contribution in [0.3, 0.4) is 0 Å². The van der Waals surface area contributed by atoms with Crippen molar-refractivity contribution in [2.24, 2.45) is 0 Å². The van der Waals surface area contributed by atoms with Gasteiger partial charge in [-0.25, -0.2) is 8.42 Å². The zero-order valence-corrected chi connectivity index (χ0v) is 19.2. The minimum Gasteiger partial charge on any atom is -0.377 e. The molecule has 1 aromatic rings. The molecular weight excluding hydrogens is 402 g/mol. The maximum atomic E-state index is 13.3. The molecule has 4 rings (SSSR count). The number of piperidine rings is 1. The molecule has 3 aliphatic rings. The van der Waals surface area contributed by atoms with Crippen LogP contribution in [0.4, 0.5) is 5.69 Å². The highest BCUT2D eigenvalue weighted by atomic mass is 32.2. The van der Waals surface area contributed by atoms with E-state index in [1.54, 1.807) is 34.5 Å². The van der Waals surface area contributed by atoms with Crippen molar-refractivity contribution in [3.63, 3.8) is 0 Å². The summed E-state index contributed by atoms with van der Waals surface area (Å²) in [4.78, 5) is 16.7. The number of amides is 1. The van der Waals surface area contributed by atoms with Gasteiger partial charge in [-0.2, -0.15) is 4.31 Å². The summed E-state index contributed by atoms with van der Waals surface area (Å²) in [6, 6.07) is 5.47. The fourth-order valence-electron chi connectivity index (χ4n) is 5.04. The van der Waals surface area contributed by atoms with Gasteiger partial charge in [0.2, 0.25) is 15.9 Å². The lowest BCUT2D eigenvalue weighted by Gasteiger charge is -2.37. The Kier molecular flexibility index (Phi) is 5.72. The zero-order valence-electron chi connectivity index (χ0n) is 18.4. The topological polar surface area (TPSA) is 70.2 Å². The van der Waals surface area contributed by atoms with E-state index in [2.05, 4.69) is 11.9 Å². The third kappa shape index (κ3) is 3.68. The molecule has 0 saturated carbocycles. The first kappa shape index (κ1) is 21.7. The fourth-order valence-corrected chi connectivity index (χ4v) is 6.54. The molecule has 30 heavy (non-hydrogen) atoms. The molecule has 3 aliphatic heterocycles. The van der Waals surface area contributed by atoms with Gasteiger partial charge in [-0.1, -0.05) is 0 Å². The number of anilines is 1. The van der Waals surface area contributed by atoms with Crippen molar-refractivity contribution in [1.82, 2.24) is 9.21 Å². The van der Waals surface area contributed by atoms with Crippen molar-refractivity contribution in [1.29, 1.82) is 0 Å². The number of benzene rings is 1. The van der Waals surface area contributed by atoms with Gasteiger partial charge in [-0.15, -0.1) is 0 Å². The second kappa shape index (κ2) is 7.89. The van der Waals surface area contributed by atoms with E-state index in [-0.39, 0.29) is 10.8 Å². The highest BCUT2D eigenvalue weighted by molar-refractivity contribution is 7.89. The lowest BCUT2D eigenvalue weighted by atomic mass is 9.86. The van der Waals surface area contributed by atoms with Gasteiger partial charge in [0, 0.05) is 45.0 Å². The van der Waals surface area contributed by atoms with Crippen LogP contribution >= 0.6 is 0 Å². The number of hydrogen-bond acceptors (Lipinski definition) is 5. The molecular formula is C22H33N3O4S. The van der Waals surface area contributed by atoms with Crippen LogP contribution in [0, 0.1) is 0 Å². The summed E-state index contributed by atoms with van der Waals surface area (Å²) in [5, 5.41) is 0. The number of carbonyl (C=O) groups excluding carboxylic acids is 1. The van der Waals surface area contributed by atoms with Crippen LogP contribution in [-0.2, 0) is 25.0 Å². The first-order valence-electron chi connectivity index (χ1n) is 10.9. The standard InChI is InChI=1S/C22H33N3O4S/c1-22(2)19-14-18(7-8-20(19)24(4)21(22)26)30(27,28)25-11-9-16(10-12-25)23(3)15-17-6-5-13-29-17/h7-8,14,16-17H,5-6,9-13,15H2,1-4H3. The van der Waals surface area contributed by atoms with Crippen LogP contribution in [0.1, 0.15) is 45.1 Å². The minimum absolute atomic E-state index is 0.0119. The molecule has 2 saturated heterocycles. The molecule has 8 heteroatoms. The molecule has 2 fully saturated rings. The average Bonchev–Trinajstić information content (AvgIpc) is 3.30. The summed E-state index contributed by atoms with van der Waals surface area (Å²) in [7, 11) is 0.276. The molecule has 0 radical (unpaired) electrons. The van der Waals surface area contributed by atoms with Crippen molar-refractivity contribution in [2.45, 2.75) is 62.0 Å². The molecule has 7 nitrogen and oxygen atoms in total. The van der Waals surface area contributed by atoms with E-state index in [1.807, 2.05) is 13.8 Å². The van der Waals surface area contributed by atoms with Gasteiger partial charge in [0.25, 0.3) is 0 Å². The fraction of sp³-hybridized carbons (Fsp3) is 0.682. The van der Waals surface area contributed by atoms with E-state index < -0.39 is 15.4 Å². The van der Waals surface area contributed by atoms with Crippen molar-refractivity contribution >= 4 is 21.6 Å². The highest BCUT2D eigenvalue weighted by Crippen LogP contribution is 2.42. The van der Waals surface area contributed by atoms with Gasteiger partial charge >= 0.3 is 0 Å². The highest BCUT2D eigenvalue weighted by Gasteiger charge is 2.43. The Morgan fingerprint density at radius 1 is 1.20 bits per heavy atom. The van der Waals surface area contributed by atoms with Crippen molar-refractivity contribution in [3.05, 3.63) is 23.8 Å². The number of fused-ring (bicyclic) bond motifs is 1. The Bertz CT molecular complexity index is 916. The Balaban J connectivity index is 1.45. The second-order valence-electron chi connectivity index (χ2n) is 9.38. The van der Waals surface area contributed by atoms with Gasteiger partial charge in [0.05, 0.1) is 16.4 Å². The number of carbonyl (C=O) groups is 1. The molecule has 1 amide bonds. The van der Waals surface area contributed by atoms with E-state index >= 15 is 0 Å². The molecule has 0 bridgehead atoms. The maximum Gasteiger partial charge on any atom is 0.243 e. The van der Waals surface area contributed by atoms with Crippen LogP contribution in [0.25, 0.3) is 0 Å². The number of nitrogens with zero attached hydrogens (tertiary/aromatic N) is 3. The van der Waals surface area contributed by atoms with E-state index in [0.717, 1.165) is 50.1 Å². The molecule has 1 unspecified atom stereocenters. The first-order valence-corrected chi connectivity index (χ1v) is 12.3. The number of sulfonamides is 1. The smallest absolute Gasteiger partial charge is 0.243 e. The van der Waals surface area contributed by atoms with Crippen LogP contribution in [0.5, 0.6) is 0 Å². The first-order chi connectivity index (χ1) is 14.1. The summed E-state index contributed by atoms with van der Waals surface area (Å²) in [6.07, 6.45) is 4.20. The quantitative estimate of drug-likeness (QED) is 0.709. The summed E-state index contributed by atoms with van der Waals surface area (Å²) < 4.78 is 34.0. The van der Waals surface area contributed by atoms with Crippen LogP contribution in [0.2, 0.25) is 0 Å². The molecule has 0 N–H and O–H groups in total. The van der Waals surface area contributed by atoms with Crippen molar-refractivity contribution in [2.75, 3.05) is 45.2 Å². The van der Waals surface area contributed by atoms with Gasteiger partial charge in [-0.05, 0) is 70.3 Å². The van der Waals surface area contributed by atoms with E-state index in [9.17, 15) is 13.2 Å². The second-order valence-corrected chi connectivity index (χ2v) is 11.3. The van der Waals surface area contributed by atoms with Gasteiger partial charge in [0.1, 0.15) is 0 Å². The SMILES string of the molecule is CN1C(=O)C(C)(C)c2cc(S(=O)(=O)N3CCC(N(C)CC4CCCO4)CC3)ccc21. The Hall–Kier alpha value is -1.48. The normalized spacial score (nSPS) is 25.3. The van der Waals surface area contributed by atoms with Crippen LogP contribution in [0.15, 0.2) is 23.1 Å². The zero-order chi connectivity index (χ0) is 21.7. The number of hydrogen-bond donors (Lipinski definition) is 0. The minimum atomic E-state index is -3.58. The number of likely N-dealkylation sites (N-methyl/N-ethyl adjacent to an activating group) is 2. The molecule has 166 valence electrons. The molecule has 1 atom stereocenters. The molecule has 0 aliphatic carbocycles. The monoisotopic (exact) mass is 435 g/mol. The molecule has 1 aromatic carbocycles. The van der Waals surface area contributed by atoms with Crippen LogP contribution < -0.4 is 4.90 Å². The largest absolute Gasteiger partial charge is 0.377 e. The van der Waals surface area contributed by atoms with Gasteiger partial charge < -0.3 is 14.5 Å². The summed E-state index contributed by atoms with van der Waals surface area (Å²) in [6.45, 7) is 6.50. The van der Waals surface area contributed by atoms with Gasteiger partial charge in [0.15, 0.2) is 0 Å². The molecule has 3 heterocycles. The maximum absolute atomic E-state index is 13.3. The number of ether oxygens (including phenoxy) is 1. The lowest BCUT2D eigenvalue weighted by molar-refractivity contribution is -0.121. The Morgan fingerprint density at radius 3 is 2.53 bits per heavy atom. The Morgan fingerprint density at radius 2 is 1.90 bits per heavy atom. The number of rotatable bonds is 5. The third-order valence-electron chi connectivity index (χ3n) is 7.04. The predicted octanol–water partition coefficient (Wildman–Crippen LogP) is 2.20. The van der Waals surface area contributed by atoms with Crippen molar-refractivity contribution < 1.29 is 17.9 Å². The predicted molar refractivity (Wildman–Crippen MR) is 116 cm³/mol. The van der Waals surface area contributed by atoms with Gasteiger partial charge in [-0.3, -0.25) is 4.79 Å². The van der Waals surface area contributed by atoms with E-state index in [1.165, 1.54) is 0 Å². The molecule has 0 aromatic heterocycles.